The number of benzene rings is 1. The second-order valence-electron chi connectivity index (χ2n) is 7.90. The van der Waals surface area contributed by atoms with Crippen LogP contribution in [0.1, 0.15) is 18.4 Å². The number of amides is 2. The number of carbonyl (C=O) groups is 4. The van der Waals surface area contributed by atoms with Crippen LogP contribution in [0.15, 0.2) is 42.5 Å². The molecule has 12 heteroatoms. The lowest BCUT2D eigenvalue weighted by molar-refractivity contribution is -0.192. The Balaban J connectivity index is 0.000000509. The minimum atomic E-state index is -5.08. The fourth-order valence-electron chi connectivity index (χ4n) is 3.56. The number of rotatable bonds is 6. The molecule has 0 unspecified atom stereocenters. The van der Waals surface area contributed by atoms with Crippen molar-refractivity contribution in [3.63, 3.8) is 0 Å². The lowest BCUT2D eigenvalue weighted by Crippen LogP contribution is -2.55. The molecule has 2 aliphatic rings. The van der Waals surface area contributed by atoms with Gasteiger partial charge in [0, 0.05) is 32.7 Å². The van der Waals surface area contributed by atoms with Crippen LogP contribution >= 0.6 is 0 Å². The van der Waals surface area contributed by atoms with Gasteiger partial charge in [-0.25, -0.2) is 4.79 Å². The Labute approximate surface area is 193 Å². The number of allylic oxidation sites excluding steroid dienone is 2. The monoisotopic (exact) mass is 485 g/mol. The van der Waals surface area contributed by atoms with E-state index in [1.807, 2.05) is 35.2 Å². The van der Waals surface area contributed by atoms with Crippen LogP contribution in [0.5, 0.6) is 0 Å². The number of halogens is 3. The molecule has 1 fully saturated rings. The van der Waals surface area contributed by atoms with Gasteiger partial charge in [0.2, 0.25) is 11.8 Å². The van der Waals surface area contributed by atoms with Gasteiger partial charge >= 0.3 is 18.1 Å². The van der Waals surface area contributed by atoms with Crippen LogP contribution in [0.3, 0.4) is 0 Å². The summed E-state index contributed by atoms with van der Waals surface area (Å²) in [7, 11) is 0. The molecule has 1 aromatic carbocycles. The van der Waals surface area contributed by atoms with E-state index in [0.717, 1.165) is 5.56 Å². The molecule has 0 aromatic heterocycles. The Bertz CT molecular complexity index is 904. The van der Waals surface area contributed by atoms with Crippen molar-refractivity contribution in [1.29, 1.82) is 0 Å². The van der Waals surface area contributed by atoms with Crippen LogP contribution < -0.4 is 5.32 Å². The molecule has 0 atom stereocenters. The first-order valence-electron chi connectivity index (χ1n) is 10.5. The highest BCUT2D eigenvalue weighted by molar-refractivity contribution is 6.02. The summed E-state index contributed by atoms with van der Waals surface area (Å²) in [6, 6.07) is 9.72. The number of nitrogens with zero attached hydrogens (tertiary/aromatic N) is 2. The maximum Gasteiger partial charge on any atom is 0.490 e. The van der Waals surface area contributed by atoms with Gasteiger partial charge in [-0.3, -0.25) is 19.3 Å². The van der Waals surface area contributed by atoms with E-state index >= 15 is 0 Å². The van der Waals surface area contributed by atoms with E-state index < -0.39 is 23.5 Å². The Morgan fingerprint density at radius 2 is 1.47 bits per heavy atom. The maximum atomic E-state index is 12.8. The van der Waals surface area contributed by atoms with E-state index in [1.165, 1.54) is 0 Å². The van der Waals surface area contributed by atoms with Crippen LogP contribution in [-0.4, -0.2) is 82.7 Å². The molecule has 1 saturated heterocycles. The third kappa shape index (κ3) is 7.30. The van der Waals surface area contributed by atoms with Gasteiger partial charge in [0.15, 0.2) is 5.41 Å². The smallest absolute Gasteiger partial charge is 0.480 e. The third-order valence-corrected chi connectivity index (χ3v) is 5.52. The lowest BCUT2D eigenvalue weighted by Gasteiger charge is -2.38. The molecule has 3 N–H and O–H groups in total. The number of piperazine rings is 1. The van der Waals surface area contributed by atoms with Gasteiger partial charge in [0.1, 0.15) is 0 Å². The normalized spacial score (nSPS) is 17.4. The fraction of sp³-hybridized carbons (Fsp3) is 0.455. The Hall–Kier alpha value is -3.41. The van der Waals surface area contributed by atoms with Crippen molar-refractivity contribution in [3.8, 4) is 0 Å². The fourth-order valence-corrected chi connectivity index (χ4v) is 3.56. The second-order valence-corrected chi connectivity index (χ2v) is 7.90. The van der Waals surface area contributed by atoms with Crippen LogP contribution in [-0.2, 0) is 25.7 Å². The zero-order valence-corrected chi connectivity index (χ0v) is 18.3. The molecule has 1 aromatic rings. The molecule has 0 saturated carbocycles. The average Bonchev–Trinajstić information content (AvgIpc) is 3.30. The van der Waals surface area contributed by atoms with Crippen molar-refractivity contribution in [1.82, 2.24) is 15.1 Å². The summed E-state index contributed by atoms with van der Waals surface area (Å²) in [5, 5.41) is 19.6. The van der Waals surface area contributed by atoms with E-state index in [0.29, 0.717) is 32.7 Å². The van der Waals surface area contributed by atoms with Crippen molar-refractivity contribution in [2.45, 2.75) is 25.6 Å². The molecule has 3 rings (SSSR count). The van der Waals surface area contributed by atoms with E-state index in [4.69, 9.17) is 9.90 Å². The van der Waals surface area contributed by atoms with E-state index in [1.54, 1.807) is 17.1 Å². The zero-order chi connectivity index (χ0) is 25.4. The van der Waals surface area contributed by atoms with Crippen LogP contribution in [0, 0.1) is 5.41 Å². The van der Waals surface area contributed by atoms with E-state index in [-0.39, 0.29) is 31.2 Å². The first-order valence-corrected chi connectivity index (χ1v) is 10.5. The quantitative estimate of drug-likeness (QED) is 0.412. The van der Waals surface area contributed by atoms with E-state index in [9.17, 15) is 32.7 Å². The molecule has 186 valence electrons. The number of carboxylic acid groups (broad SMARTS) is 2. The Kier molecular flexibility index (Phi) is 9.19. The van der Waals surface area contributed by atoms with Crippen molar-refractivity contribution in [3.05, 3.63) is 48.0 Å². The van der Waals surface area contributed by atoms with E-state index in [2.05, 4.69) is 5.32 Å². The summed E-state index contributed by atoms with van der Waals surface area (Å²) in [6.07, 6.45) is -1.05. The molecule has 0 radical (unpaired) electrons. The molecule has 2 amide bonds. The number of carboxylic acids is 2. The van der Waals surface area contributed by atoms with Gasteiger partial charge in [0.25, 0.3) is 0 Å². The number of carbonyl (C=O) groups excluding carboxylic acids is 2. The average molecular weight is 485 g/mol. The van der Waals surface area contributed by atoms with Crippen molar-refractivity contribution in [2.24, 2.45) is 5.41 Å². The number of hydrogen-bond acceptors (Lipinski definition) is 5. The molecule has 9 nitrogen and oxygen atoms in total. The first kappa shape index (κ1) is 26.8. The van der Waals surface area contributed by atoms with Crippen molar-refractivity contribution < 1.29 is 42.6 Å². The summed E-state index contributed by atoms with van der Waals surface area (Å²) < 4.78 is 31.7. The SMILES string of the molecule is O=C(CN1CCN(C(=O)C2(C(=O)O)CC=CC2)CC1)NCc1ccccc1.O=C(O)C(F)(F)F. The van der Waals surface area contributed by atoms with Crippen molar-refractivity contribution >= 4 is 23.8 Å². The first-order chi connectivity index (χ1) is 16.0. The van der Waals surface area contributed by atoms with Crippen molar-refractivity contribution in [2.75, 3.05) is 32.7 Å². The Morgan fingerprint density at radius 1 is 0.941 bits per heavy atom. The summed E-state index contributed by atoms with van der Waals surface area (Å²) in [5.74, 6) is -4.18. The van der Waals surface area contributed by atoms with Crippen LogP contribution in [0.2, 0.25) is 0 Å². The second kappa shape index (κ2) is 11.6. The maximum absolute atomic E-state index is 12.8. The molecular weight excluding hydrogens is 459 g/mol. The highest BCUT2D eigenvalue weighted by Gasteiger charge is 2.48. The summed E-state index contributed by atoms with van der Waals surface area (Å²) in [5.41, 5.74) is -0.291. The highest BCUT2D eigenvalue weighted by Crippen LogP contribution is 2.36. The molecule has 0 bridgehead atoms. The minimum Gasteiger partial charge on any atom is -0.480 e. The number of alkyl halides is 3. The van der Waals surface area contributed by atoms with Crippen LogP contribution in [0.4, 0.5) is 13.2 Å². The molecule has 34 heavy (non-hydrogen) atoms. The topological polar surface area (TPSA) is 127 Å². The Morgan fingerprint density at radius 3 is 1.94 bits per heavy atom. The number of nitrogens with one attached hydrogen (secondary N) is 1. The summed E-state index contributed by atoms with van der Waals surface area (Å²) in [4.78, 5) is 49.1. The standard InChI is InChI=1S/C20H25N3O4.C2HF3O2/c24-17(21-14-16-6-2-1-3-7-16)15-22-10-12-23(13-11-22)18(25)20(19(26)27)8-4-5-9-20;3-2(4,5)1(6)7/h1-7H,8-15H2,(H,21,24)(H,26,27);(H,6,7). The zero-order valence-electron chi connectivity index (χ0n) is 18.3. The highest BCUT2D eigenvalue weighted by atomic mass is 19.4. The van der Waals surface area contributed by atoms with Gasteiger partial charge in [-0.1, -0.05) is 42.5 Å². The summed E-state index contributed by atoms with van der Waals surface area (Å²) in [6.45, 7) is 2.79. The summed E-state index contributed by atoms with van der Waals surface area (Å²) >= 11 is 0. The minimum absolute atomic E-state index is 0.0550. The molecule has 0 spiro atoms. The molecule has 1 aliphatic heterocycles. The third-order valence-electron chi connectivity index (χ3n) is 5.52. The predicted molar refractivity (Wildman–Crippen MR) is 113 cm³/mol. The predicted octanol–water partition coefficient (Wildman–Crippen LogP) is 1.50. The lowest BCUT2D eigenvalue weighted by atomic mass is 9.83. The van der Waals surface area contributed by atoms with Gasteiger partial charge in [-0.05, 0) is 18.4 Å². The largest absolute Gasteiger partial charge is 0.490 e. The van der Waals surface area contributed by atoms with Gasteiger partial charge in [-0.15, -0.1) is 0 Å². The van der Waals surface area contributed by atoms with Crippen LogP contribution in [0.25, 0.3) is 0 Å². The molecular formula is C22H26F3N3O6. The van der Waals surface area contributed by atoms with Gasteiger partial charge in [-0.2, -0.15) is 13.2 Å². The number of aliphatic carboxylic acids is 2. The van der Waals surface area contributed by atoms with Gasteiger partial charge in [0.05, 0.1) is 6.54 Å². The molecule has 1 heterocycles. The van der Waals surface area contributed by atoms with Gasteiger partial charge < -0.3 is 20.4 Å². The molecule has 1 aliphatic carbocycles. The number of hydrogen-bond donors (Lipinski definition) is 3.